The minimum atomic E-state index is -0.513. The van der Waals surface area contributed by atoms with Crippen LogP contribution < -0.4 is 0 Å². The molecule has 1 aromatic rings. The van der Waals surface area contributed by atoms with Gasteiger partial charge in [-0.05, 0) is 18.4 Å². The fourth-order valence-corrected chi connectivity index (χ4v) is 2.42. The van der Waals surface area contributed by atoms with Crippen molar-refractivity contribution in [1.29, 1.82) is 0 Å². The van der Waals surface area contributed by atoms with Crippen LogP contribution in [0.4, 0.5) is 4.79 Å². The quantitative estimate of drug-likeness (QED) is 0.782. The molecule has 5 heteroatoms. The van der Waals surface area contributed by atoms with Crippen molar-refractivity contribution in [3.05, 3.63) is 35.9 Å². The van der Waals surface area contributed by atoms with E-state index in [4.69, 9.17) is 4.74 Å². The van der Waals surface area contributed by atoms with Crippen molar-refractivity contribution in [3.8, 4) is 0 Å². The van der Waals surface area contributed by atoms with Crippen LogP contribution in [-0.2, 0) is 16.0 Å². The fourth-order valence-electron chi connectivity index (χ4n) is 2.14. The number of hydrogen-bond donors (Lipinski definition) is 0. The molecule has 0 N–H and O–H groups in total. The molecule has 0 aromatic heterocycles. The van der Waals surface area contributed by atoms with E-state index in [0.717, 1.165) is 17.3 Å². The van der Waals surface area contributed by atoms with Crippen molar-refractivity contribution in [2.24, 2.45) is 0 Å². The molecule has 0 saturated carbocycles. The summed E-state index contributed by atoms with van der Waals surface area (Å²) in [7, 11) is 0. The molecule has 1 heterocycles. The maximum absolute atomic E-state index is 12.0. The van der Waals surface area contributed by atoms with Crippen LogP contribution in [0, 0.1) is 0 Å². The monoisotopic (exact) mass is 325 g/mol. The molecule has 0 bridgehead atoms. The Labute approximate surface area is 120 Å². The summed E-state index contributed by atoms with van der Waals surface area (Å²) in [4.78, 5) is 24.9. The van der Waals surface area contributed by atoms with Gasteiger partial charge in [0.15, 0.2) is 0 Å². The molecule has 0 spiro atoms. The van der Waals surface area contributed by atoms with Gasteiger partial charge in [-0.1, -0.05) is 46.3 Å². The van der Waals surface area contributed by atoms with E-state index < -0.39 is 6.09 Å². The maximum Gasteiger partial charge on any atom is 0.416 e. The van der Waals surface area contributed by atoms with Gasteiger partial charge in [0.25, 0.3) is 0 Å². The number of amides is 2. The molecule has 1 saturated heterocycles. The minimum absolute atomic E-state index is 0.150. The molecular formula is C14H16BrNO3. The van der Waals surface area contributed by atoms with E-state index >= 15 is 0 Å². The smallest absolute Gasteiger partial charge is 0.416 e. The number of benzene rings is 1. The van der Waals surface area contributed by atoms with Gasteiger partial charge >= 0.3 is 6.09 Å². The number of cyclic esters (lactones) is 1. The minimum Gasteiger partial charge on any atom is -0.447 e. The van der Waals surface area contributed by atoms with Gasteiger partial charge < -0.3 is 4.74 Å². The van der Waals surface area contributed by atoms with Crippen molar-refractivity contribution in [2.45, 2.75) is 25.3 Å². The molecule has 0 aliphatic carbocycles. The predicted molar refractivity (Wildman–Crippen MR) is 75.2 cm³/mol. The molecule has 1 aliphatic heterocycles. The SMILES string of the molecule is O=C(CCCBr)N1C(=O)OC[C@H]1Cc1ccccc1. The van der Waals surface area contributed by atoms with Crippen molar-refractivity contribution >= 4 is 27.9 Å². The summed E-state index contributed by atoms with van der Waals surface area (Å²) in [5.41, 5.74) is 1.10. The zero-order valence-corrected chi connectivity index (χ0v) is 12.1. The third-order valence-corrected chi connectivity index (χ3v) is 3.63. The van der Waals surface area contributed by atoms with Gasteiger partial charge in [-0.15, -0.1) is 0 Å². The highest BCUT2D eigenvalue weighted by Gasteiger charge is 2.37. The van der Waals surface area contributed by atoms with E-state index in [0.29, 0.717) is 12.8 Å². The number of alkyl halides is 1. The summed E-state index contributed by atoms with van der Waals surface area (Å²) in [5, 5.41) is 0.755. The number of halogens is 1. The summed E-state index contributed by atoms with van der Waals surface area (Å²) >= 11 is 3.28. The molecule has 1 atom stereocenters. The standard InChI is InChI=1S/C14H16BrNO3/c15-8-4-7-13(17)16-12(10-19-14(16)18)9-11-5-2-1-3-6-11/h1-3,5-6,12H,4,7-10H2/t12-/m1/s1. The predicted octanol–water partition coefficient (Wildman–Crippen LogP) is 2.75. The van der Waals surface area contributed by atoms with E-state index in [2.05, 4.69) is 15.9 Å². The van der Waals surface area contributed by atoms with Gasteiger partial charge in [0.2, 0.25) is 5.91 Å². The first kappa shape index (κ1) is 14.1. The molecule has 4 nitrogen and oxygen atoms in total. The van der Waals surface area contributed by atoms with Crippen molar-refractivity contribution in [1.82, 2.24) is 4.90 Å². The Morgan fingerprint density at radius 2 is 2.11 bits per heavy atom. The first-order valence-electron chi connectivity index (χ1n) is 6.31. The Bertz CT molecular complexity index is 449. The summed E-state index contributed by atoms with van der Waals surface area (Å²) < 4.78 is 5.01. The Hall–Kier alpha value is -1.36. The highest BCUT2D eigenvalue weighted by Crippen LogP contribution is 2.18. The molecule has 2 rings (SSSR count). The van der Waals surface area contributed by atoms with Crippen molar-refractivity contribution in [3.63, 3.8) is 0 Å². The number of nitrogens with zero attached hydrogens (tertiary/aromatic N) is 1. The summed E-state index contributed by atoms with van der Waals surface area (Å²) in [6, 6.07) is 9.64. The Balaban J connectivity index is 2.03. The molecule has 1 aromatic carbocycles. The third kappa shape index (κ3) is 3.56. The third-order valence-electron chi connectivity index (χ3n) is 3.07. The maximum atomic E-state index is 12.0. The molecule has 1 aliphatic rings. The van der Waals surface area contributed by atoms with Gasteiger partial charge in [0, 0.05) is 11.8 Å². The van der Waals surface area contributed by atoms with E-state index in [1.54, 1.807) is 0 Å². The van der Waals surface area contributed by atoms with Crippen molar-refractivity contribution < 1.29 is 14.3 Å². The van der Waals surface area contributed by atoms with Gasteiger partial charge in [0.05, 0.1) is 6.04 Å². The average Bonchev–Trinajstić information content (AvgIpc) is 2.78. The molecule has 2 amide bonds. The zero-order chi connectivity index (χ0) is 13.7. The first-order chi connectivity index (χ1) is 9.22. The van der Waals surface area contributed by atoms with Crippen LogP contribution in [-0.4, -0.2) is 34.9 Å². The first-order valence-corrected chi connectivity index (χ1v) is 7.43. The molecule has 102 valence electrons. The molecule has 19 heavy (non-hydrogen) atoms. The number of hydrogen-bond acceptors (Lipinski definition) is 3. The van der Waals surface area contributed by atoms with Crippen LogP contribution >= 0.6 is 15.9 Å². The lowest BCUT2D eigenvalue weighted by molar-refractivity contribution is -0.129. The summed E-state index contributed by atoms with van der Waals surface area (Å²) in [5.74, 6) is -0.150. The number of rotatable bonds is 5. The lowest BCUT2D eigenvalue weighted by Gasteiger charge is -2.19. The number of ether oxygens (including phenoxy) is 1. The van der Waals surface area contributed by atoms with Crippen LogP contribution in [0.25, 0.3) is 0 Å². The summed E-state index contributed by atoms with van der Waals surface area (Å²) in [6.07, 6.45) is 1.22. The van der Waals surface area contributed by atoms with E-state index in [9.17, 15) is 9.59 Å². The van der Waals surface area contributed by atoms with Crippen molar-refractivity contribution in [2.75, 3.05) is 11.9 Å². The largest absolute Gasteiger partial charge is 0.447 e. The van der Waals surface area contributed by atoms with E-state index in [1.807, 2.05) is 30.3 Å². The Morgan fingerprint density at radius 1 is 1.37 bits per heavy atom. The van der Waals surface area contributed by atoms with E-state index in [1.165, 1.54) is 4.90 Å². The van der Waals surface area contributed by atoms with Gasteiger partial charge in [0.1, 0.15) is 6.61 Å². The molecule has 0 radical (unpaired) electrons. The van der Waals surface area contributed by atoms with Crippen LogP contribution in [0.1, 0.15) is 18.4 Å². The van der Waals surface area contributed by atoms with Crippen LogP contribution in [0.15, 0.2) is 30.3 Å². The second-order valence-corrected chi connectivity index (χ2v) is 5.27. The second-order valence-electron chi connectivity index (χ2n) is 4.48. The summed E-state index contributed by atoms with van der Waals surface area (Å²) in [6.45, 7) is 0.285. The number of carbonyl (C=O) groups excluding carboxylic acids is 2. The van der Waals surface area contributed by atoms with Gasteiger partial charge in [-0.25, -0.2) is 9.69 Å². The highest BCUT2D eigenvalue weighted by molar-refractivity contribution is 9.09. The van der Waals surface area contributed by atoms with Gasteiger partial charge in [-0.3, -0.25) is 4.79 Å². The Kier molecular flexibility index (Phi) is 4.96. The van der Waals surface area contributed by atoms with Crippen LogP contribution in [0.5, 0.6) is 0 Å². The van der Waals surface area contributed by atoms with Gasteiger partial charge in [-0.2, -0.15) is 0 Å². The molecule has 0 unspecified atom stereocenters. The second kappa shape index (κ2) is 6.70. The van der Waals surface area contributed by atoms with E-state index in [-0.39, 0.29) is 18.6 Å². The number of carbonyl (C=O) groups is 2. The lowest BCUT2D eigenvalue weighted by Crippen LogP contribution is -2.40. The number of imide groups is 1. The van der Waals surface area contributed by atoms with Crippen LogP contribution in [0.3, 0.4) is 0 Å². The highest BCUT2D eigenvalue weighted by atomic mass is 79.9. The fraction of sp³-hybridized carbons (Fsp3) is 0.429. The normalized spacial score (nSPS) is 18.5. The molecule has 1 fully saturated rings. The molecular weight excluding hydrogens is 310 g/mol. The Morgan fingerprint density at radius 3 is 2.79 bits per heavy atom. The lowest BCUT2D eigenvalue weighted by atomic mass is 10.1. The van der Waals surface area contributed by atoms with Crippen LogP contribution in [0.2, 0.25) is 0 Å². The topological polar surface area (TPSA) is 46.6 Å². The zero-order valence-electron chi connectivity index (χ0n) is 10.5. The average molecular weight is 326 g/mol.